The monoisotopic (exact) mass is 471 g/mol. The smallest absolute Gasteiger partial charge is 0.331 e. The van der Waals surface area contributed by atoms with E-state index in [0.717, 1.165) is 17.9 Å². The molecular weight excluding hydrogens is 426 g/mol. The quantitative estimate of drug-likeness (QED) is 0.290. The van der Waals surface area contributed by atoms with E-state index in [2.05, 4.69) is 19.9 Å². The highest BCUT2D eigenvalue weighted by atomic mass is 16.5. The molecule has 0 radical (unpaired) electrons. The fourth-order valence-electron chi connectivity index (χ4n) is 8.95. The van der Waals surface area contributed by atoms with E-state index in [4.69, 9.17) is 10.5 Å². The third-order valence-electron chi connectivity index (χ3n) is 10.3. The van der Waals surface area contributed by atoms with Gasteiger partial charge in [-0.05, 0) is 99.4 Å². The van der Waals surface area contributed by atoms with Crippen molar-refractivity contribution in [1.82, 2.24) is 0 Å². The van der Waals surface area contributed by atoms with Crippen LogP contribution in [-0.2, 0) is 14.3 Å². The predicted molar refractivity (Wildman–Crippen MR) is 134 cm³/mol. The maximum Gasteiger partial charge on any atom is 0.331 e. The summed E-state index contributed by atoms with van der Waals surface area (Å²) in [5.74, 6) is 0.579. The van der Waals surface area contributed by atoms with Crippen LogP contribution >= 0.6 is 0 Å². The fraction of sp³-hybridized carbons (Fsp3) is 0.793. The molecule has 4 saturated carbocycles. The number of fused-ring (bicyclic) bond motifs is 5. The number of carboxylic acids is 1. The summed E-state index contributed by atoms with van der Waals surface area (Å²) in [5, 5.41) is 10.3. The van der Waals surface area contributed by atoms with Crippen molar-refractivity contribution in [3.05, 3.63) is 22.8 Å². The number of ether oxygens (including phenoxy) is 1. The molecular formula is C29H45NO4. The third kappa shape index (κ3) is 4.27. The molecule has 0 bridgehead atoms. The molecule has 4 aliphatic rings. The Morgan fingerprint density at radius 2 is 1.82 bits per heavy atom. The molecule has 34 heavy (non-hydrogen) atoms. The molecule has 0 aliphatic heterocycles. The molecule has 0 heterocycles. The van der Waals surface area contributed by atoms with Crippen LogP contribution in [0.3, 0.4) is 0 Å². The first kappa shape index (κ1) is 25.5. The number of hydrogen-bond donors (Lipinski definition) is 2. The number of rotatable bonds is 5. The highest BCUT2D eigenvalue weighted by molar-refractivity contribution is 5.88. The topological polar surface area (TPSA) is 89.6 Å². The van der Waals surface area contributed by atoms with Gasteiger partial charge in [-0.1, -0.05) is 38.3 Å². The van der Waals surface area contributed by atoms with Crippen LogP contribution in [0, 0.1) is 34.5 Å². The molecule has 3 N–H and O–H groups in total. The largest absolute Gasteiger partial charge is 0.478 e. The number of hydrogen-bond acceptors (Lipinski definition) is 4. The average Bonchev–Trinajstić information content (AvgIpc) is 3.03. The van der Waals surface area contributed by atoms with E-state index in [-0.39, 0.29) is 23.3 Å². The van der Waals surface area contributed by atoms with Gasteiger partial charge in [-0.2, -0.15) is 0 Å². The molecule has 5 nitrogen and oxygen atoms in total. The summed E-state index contributed by atoms with van der Waals surface area (Å²) >= 11 is 0. The van der Waals surface area contributed by atoms with E-state index >= 15 is 0 Å². The summed E-state index contributed by atoms with van der Waals surface area (Å²) in [6.45, 7) is 10.3. The maximum atomic E-state index is 12.5. The molecule has 8 atom stereocenters. The van der Waals surface area contributed by atoms with Crippen LogP contribution in [0.25, 0.3) is 0 Å². The van der Waals surface area contributed by atoms with Crippen molar-refractivity contribution in [3.63, 3.8) is 0 Å². The number of nitrogens with two attached hydrogens (primary N) is 1. The van der Waals surface area contributed by atoms with Crippen LogP contribution in [0.2, 0.25) is 0 Å². The summed E-state index contributed by atoms with van der Waals surface area (Å²) in [6, 6.07) is -0.0999. The molecule has 4 fully saturated rings. The van der Waals surface area contributed by atoms with Gasteiger partial charge in [-0.25, -0.2) is 4.79 Å². The third-order valence-corrected chi connectivity index (χ3v) is 10.3. The maximum absolute atomic E-state index is 12.5. The summed E-state index contributed by atoms with van der Waals surface area (Å²) in [6.07, 6.45) is 12.1. The van der Waals surface area contributed by atoms with Crippen LogP contribution in [0.1, 0.15) is 98.8 Å². The molecule has 0 spiro atoms. The van der Waals surface area contributed by atoms with Crippen LogP contribution in [-0.4, -0.2) is 29.2 Å². The predicted octanol–water partition coefficient (Wildman–Crippen LogP) is 6.03. The number of allylic oxidation sites excluding steroid dienone is 2. The molecule has 0 aromatic rings. The van der Waals surface area contributed by atoms with Crippen molar-refractivity contribution < 1.29 is 19.4 Å². The van der Waals surface area contributed by atoms with Gasteiger partial charge >= 0.3 is 11.9 Å². The molecule has 0 saturated heterocycles. The highest BCUT2D eigenvalue weighted by Crippen LogP contribution is 2.68. The van der Waals surface area contributed by atoms with E-state index in [9.17, 15) is 14.7 Å². The highest BCUT2D eigenvalue weighted by Gasteiger charge is 2.64. The molecule has 3 unspecified atom stereocenters. The van der Waals surface area contributed by atoms with E-state index in [1.165, 1.54) is 51.0 Å². The molecule has 0 amide bonds. The van der Waals surface area contributed by atoms with Crippen molar-refractivity contribution in [1.29, 1.82) is 0 Å². The SMILES string of the molecule is CC(=O)O[C@H]1C[C@@]2(C)C(/C1=C(\CCC=C(C)C)C(=O)O)[C@H](N)C[C@@H]1C2CCC2CCCC[C@@]21C. The second-order valence-corrected chi connectivity index (χ2v) is 12.5. The normalized spacial score (nSPS) is 42.6. The standard InChI is InChI=1S/C29H45NO4/c1-17(2)9-8-11-20(27(32)33)25-24(34-18(3)31)16-29(5)21-13-12-19-10-6-7-14-28(19,4)22(21)15-23(30)26(25)29/h9,19,21-24,26H,6-8,10-16,30H2,1-5H3,(H,32,33)/b25-20+/t19?,21?,22-,23-,24+,26?,28+,29-/m1/s1. The van der Waals surface area contributed by atoms with Gasteiger partial charge in [-0.3, -0.25) is 4.79 Å². The summed E-state index contributed by atoms with van der Waals surface area (Å²) in [5.41, 5.74) is 9.61. The number of carboxylic acid groups (broad SMARTS) is 1. The summed E-state index contributed by atoms with van der Waals surface area (Å²) < 4.78 is 5.87. The van der Waals surface area contributed by atoms with Crippen molar-refractivity contribution in [2.45, 2.75) is 111 Å². The van der Waals surface area contributed by atoms with Crippen LogP contribution in [0.5, 0.6) is 0 Å². The molecule has 0 aromatic carbocycles. The zero-order chi connectivity index (χ0) is 24.8. The molecule has 4 aliphatic carbocycles. The molecule has 5 heteroatoms. The second-order valence-electron chi connectivity index (χ2n) is 12.5. The van der Waals surface area contributed by atoms with Crippen LogP contribution in [0.4, 0.5) is 0 Å². The summed E-state index contributed by atoms with van der Waals surface area (Å²) in [7, 11) is 0. The Labute approximate surface area is 205 Å². The number of carbonyl (C=O) groups is 2. The average molecular weight is 472 g/mol. The first-order valence-electron chi connectivity index (χ1n) is 13.5. The minimum absolute atomic E-state index is 0.0420. The van der Waals surface area contributed by atoms with Crippen molar-refractivity contribution in [2.75, 3.05) is 0 Å². The lowest BCUT2D eigenvalue weighted by Gasteiger charge is -2.62. The van der Waals surface area contributed by atoms with Crippen molar-refractivity contribution in [2.24, 2.45) is 40.2 Å². The first-order valence-corrected chi connectivity index (χ1v) is 13.5. The van der Waals surface area contributed by atoms with Gasteiger partial charge in [0.1, 0.15) is 6.10 Å². The van der Waals surface area contributed by atoms with Crippen LogP contribution in [0.15, 0.2) is 22.8 Å². The van der Waals surface area contributed by atoms with Gasteiger partial charge in [0.05, 0.1) is 0 Å². The Hall–Kier alpha value is -1.62. The number of carbonyl (C=O) groups excluding carboxylic acids is 1. The van der Waals surface area contributed by atoms with Gasteiger partial charge in [0, 0.05) is 24.5 Å². The van der Waals surface area contributed by atoms with Gasteiger partial charge < -0.3 is 15.6 Å². The molecule has 190 valence electrons. The minimum atomic E-state index is -0.893. The lowest BCUT2D eigenvalue weighted by Crippen LogP contribution is -2.58. The van der Waals surface area contributed by atoms with Gasteiger partial charge in [0.15, 0.2) is 0 Å². The lowest BCUT2D eigenvalue weighted by molar-refractivity contribution is -0.146. The van der Waals surface area contributed by atoms with Gasteiger partial charge in [0.25, 0.3) is 0 Å². The Kier molecular flexibility index (Phi) is 7.07. The zero-order valence-electron chi connectivity index (χ0n) is 21.9. The minimum Gasteiger partial charge on any atom is -0.478 e. The Balaban J connectivity index is 1.77. The zero-order valence-corrected chi connectivity index (χ0v) is 21.9. The van der Waals surface area contributed by atoms with Gasteiger partial charge in [0.2, 0.25) is 0 Å². The Morgan fingerprint density at radius 1 is 1.09 bits per heavy atom. The number of aliphatic carboxylic acids is 1. The Bertz CT molecular complexity index is 887. The van der Waals surface area contributed by atoms with Gasteiger partial charge in [-0.15, -0.1) is 0 Å². The summed E-state index contributed by atoms with van der Waals surface area (Å²) in [4.78, 5) is 24.7. The lowest BCUT2D eigenvalue weighted by atomic mass is 9.43. The van der Waals surface area contributed by atoms with Crippen molar-refractivity contribution in [3.8, 4) is 0 Å². The van der Waals surface area contributed by atoms with Crippen LogP contribution < -0.4 is 5.73 Å². The van der Waals surface area contributed by atoms with Crippen molar-refractivity contribution >= 4 is 11.9 Å². The van der Waals surface area contributed by atoms with E-state index < -0.39 is 12.1 Å². The van der Waals surface area contributed by atoms with E-state index in [1.54, 1.807) is 0 Å². The van der Waals surface area contributed by atoms with E-state index in [0.29, 0.717) is 42.1 Å². The molecule has 0 aromatic heterocycles. The first-order chi connectivity index (χ1) is 16.0. The number of esters is 1. The molecule has 4 rings (SSSR count). The second kappa shape index (κ2) is 9.44. The Morgan fingerprint density at radius 3 is 2.47 bits per heavy atom. The van der Waals surface area contributed by atoms with E-state index in [1.807, 2.05) is 13.8 Å². The fourth-order valence-corrected chi connectivity index (χ4v) is 8.95.